The molecule has 0 aliphatic carbocycles. The Bertz CT molecular complexity index is 668. The summed E-state index contributed by atoms with van der Waals surface area (Å²) in [6.07, 6.45) is 0.526. The molecule has 3 aliphatic rings. The van der Waals surface area contributed by atoms with Crippen LogP contribution in [0, 0.1) is 17.8 Å². The van der Waals surface area contributed by atoms with Crippen LogP contribution in [0.15, 0.2) is 0 Å². The number of nitrogens with zero attached hydrogens (tertiary/aromatic N) is 1. The summed E-state index contributed by atoms with van der Waals surface area (Å²) in [5.74, 6) is -2.20. The molecule has 0 saturated carbocycles. The summed E-state index contributed by atoms with van der Waals surface area (Å²) in [5, 5.41) is 15.3. The molecule has 0 aromatic heterocycles. The summed E-state index contributed by atoms with van der Waals surface area (Å²) in [7, 11) is 1.55. The molecule has 3 rings (SSSR count). The Balaban J connectivity index is 2.14. The van der Waals surface area contributed by atoms with Crippen LogP contribution in [0.1, 0.15) is 41.0 Å². The van der Waals surface area contributed by atoms with Gasteiger partial charge in [0.15, 0.2) is 0 Å². The number of carbonyl (C=O) groups excluding carboxylic acids is 3. The fourth-order valence-electron chi connectivity index (χ4n) is 5.46. The summed E-state index contributed by atoms with van der Waals surface area (Å²) in [6.45, 7) is 9.02. The van der Waals surface area contributed by atoms with Crippen molar-refractivity contribution in [2.45, 2.75) is 70.4 Å². The molecule has 3 heterocycles. The molecular weight excluding hydrogens is 350 g/mol. The van der Waals surface area contributed by atoms with Crippen molar-refractivity contribution in [1.82, 2.24) is 15.5 Å². The van der Waals surface area contributed by atoms with E-state index in [0.29, 0.717) is 6.42 Å². The first-order valence-corrected chi connectivity index (χ1v) is 9.70. The highest BCUT2D eigenvalue weighted by atomic mass is 16.5. The number of hydrogen-bond acceptors (Lipinski definition) is 5. The molecule has 3 unspecified atom stereocenters. The number of rotatable bonds is 5. The van der Waals surface area contributed by atoms with Crippen molar-refractivity contribution in [3.8, 4) is 0 Å². The normalized spacial score (nSPS) is 41.0. The molecule has 0 aromatic carbocycles. The summed E-state index contributed by atoms with van der Waals surface area (Å²) in [5.41, 5.74) is -1.85. The highest BCUT2D eigenvalue weighted by molar-refractivity contribution is 5.99. The molecule has 2 bridgehead atoms. The largest absolute Gasteiger partial charge is 0.394 e. The van der Waals surface area contributed by atoms with E-state index in [9.17, 15) is 19.5 Å². The second-order valence-electron chi connectivity index (χ2n) is 8.76. The van der Waals surface area contributed by atoms with Gasteiger partial charge < -0.3 is 25.4 Å². The van der Waals surface area contributed by atoms with Crippen LogP contribution >= 0.6 is 0 Å². The molecule has 8 heteroatoms. The third kappa shape index (κ3) is 2.52. The summed E-state index contributed by atoms with van der Waals surface area (Å²) in [4.78, 5) is 40.7. The first-order chi connectivity index (χ1) is 12.5. The predicted molar refractivity (Wildman–Crippen MR) is 97.5 cm³/mol. The third-order valence-electron chi connectivity index (χ3n) is 6.70. The Labute approximate surface area is 160 Å². The summed E-state index contributed by atoms with van der Waals surface area (Å²) >= 11 is 0. The van der Waals surface area contributed by atoms with Gasteiger partial charge in [0.05, 0.1) is 30.1 Å². The second kappa shape index (κ2) is 6.44. The maximum atomic E-state index is 13.4. The number of amides is 3. The molecule has 27 heavy (non-hydrogen) atoms. The topological polar surface area (TPSA) is 108 Å². The highest BCUT2D eigenvalue weighted by Crippen LogP contribution is 2.65. The number of fused-ring (bicyclic) bond motifs is 1. The second-order valence-corrected chi connectivity index (χ2v) is 8.76. The number of hydrogen-bond donors (Lipinski definition) is 3. The van der Waals surface area contributed by atoms with Crippen LogP contribution in [0.5, 0.6) is 0 Å². The maximum absolute atomic E-state index is 13.4. The van der Waals surface area contributed by atoms with E-state index in [2.05, 4.69) is 10.6 Å². The number of likely N-dealkylation sites (tertiary alicyclic amines) is 1. The van der Waals surface area contributed by atoms with Gasteiger partial charge in [-0.1, -0.05) is 6.92 Å². The van der Waals surface area contributed by atoms with Gasteiger partial charge in [0.2, 0.25) is 17.7 Å². The lowest BCUT2D eigenvalue weighted by molar-refractivity contribution is -0.150. The molecule has 3 N–H and O–H groups in total. The zero-order valence-corrected chi connectivity index (χ0v) is 16.9. The Kier molecular flexibility index (Phi) is 4.79. The van der Waals surface area contributed by atoms with E-state index in [1.54, 1.807) is 14.0 Å². The van der Waals surface area contributed by atoms with Crippen LogP contribution in [-0.2, 0) is 19.1 Å². The van der Waals surface area contributed by atoms with Gasteiger partial charge in [-0.25, -0.2) is 0 Å². The van der Waals surface area contributed by atoms with Crippen molar-refractivity contribution >= 4 is 17.7 Å². The molecule has 7 atom stereocenters. The number of nitrogens with one attached hydrogen (secondary N) is 2. The van der Waals surface area contributed by atoms with E-state index in [4.69, 9.17) is 4.74 Å². The molecule has 3 amide bonds. The van der Waals surface area contributed by atoms with Crippen molar-refractivity contribution in [3.05, 3.63) is 0 Å². The van der Waals surface area contributed by atoms with E-state index in [-0.39, 0.29) is 36.3 Å². The van der Waals surface area contributed by atoms with Gasteiger partial charge in [0, 0.05) is 13.1 Å². The van der Waals surface area contributed by atoms with Gasteiger partial charge in [-0.2, -0.15) is 0 Å². The predicted octanol–water partition coefficient (Wildman–Crippen LogP) is -0.351. The lowest BCUT2D eigenvalue weighted by Crippen LogP contribution is -2.58. The van der Waals surface area contributed by atoms with Gasteiger partial charge >= 0.3 is 0 Å². The fraction of sp³-hybridized carbons (Fsp3) is 0.842. The third-order valence-corrected chi connectivity index (χ3v) is 6.70. The lowest BCUT2D eigenvalue weighted by atomic mass is 9.62. The quantitative estimate of drug-likeness (QED) is 0.603. The van der Waals surface area contributed by atoms with Crippen LogP contribution in [0.2, 0.25) is 0 Å². The van der Waals surface area contributed by atoms with Crippen molar-refractivity contribution in [2.75, 3.05) is 13.7 Å². The van der Waals surface area contributed by atoms with Crippen molar-refractivity contribution < 1.29 is 24.2 Å². The molecule has 0 radical (unpaired) electrons. The Morgan fingerprint density at radius 1 is 1.33 bits per heavy atom. The van der Waals surface area contributed by atoms with E-state index in [1.165, 1.54) is 4.90 Å². The van der Waals surface area contributed by atoms with Crippen LogP contribution in [0.4, 0.5) is 0 Å². The van der Waals surface area contributed by atoms with Crippen LogP contribution in [-0.4, -0.2) is 70.7 Å². The molecular formula is C19H31N3O5. The minimum atomic E-state index is -1.05. The van der Waals surface area contributed by atoms with E-state index in [0.717, 1.165) is 0 Å². The van der Waals surface area contributed by atoms with Crippen LogP contribution in [0.3, 0.4) is 0 Å². The van der Waals surface area contributed by atoms with Crippen molar-refractivity contribution in [2.24, 2.45) is 17.8 Å². The number of aliphatic hydroxyl groups is 1. The molecule has 3 fully saturated rings. The molecule has 3 aliphatic heterocycles. The Hall–Kier alpha value is -1.67. The fourth-order valence-corrected chi connectivity index (χ4v) is 5.46. The van der Waals surface area contributed by atoms with Crippen LogP contribution < -0.4 is 10.6 Å². The highest BCUT2D eigenvalue weighted by Gasteiger charge is 2.80. The average Bonchev–Trinajstić information content (AvgIpc) is 3.10. The summed E-state index contributed by atoms with van der Waals surface area (Å²) < 4.78 is 6.46. The standard InChI is InChI=1S/C19H31N3O5/c1-9(2)21-16(25)14-19-7-10(3)18(5,27-19)12(15(24)20-6)13(19)17(26)22(14)11(4)8-23/h9-14,23H,7-8H2,1-6H3,(H,20,24)(H,21,25)/t10?,11-,12+,13+,14?,18-,19?/m1/s1. The van der Waals surface area contributed by atoms with Gasteiger partial charge in [0.1, 0.15) is 11.6 Å². The Morgan fingerprint density at radius 2 is 1.96 bits per heavy atom. The smallest absolute Gasteiger partial charge is 0.246 e. The summed E-state index contributed by atoms with van der Waals surface area (Å²) in [6, 6.07) is -1.51. The van der Waals surface area contributed by atoms with Crippen molar-refractivity contribution in [3.63, 3.8) is 0 Å². The SMILES string of the molecule is CNC(=O)[C@@H]1[C@H]2C(=O)N([C@H](C)CO)C(C(=O)NC(C)C)C23CC(C)[C@@]1(C)O3. The van der Waals surface area contributed by atoms with E-state index in [1.807, 2.05) is 27.7 Å². The van der Waals surface area contributed by atoms with Gasteiger partial charge in [-0.15, -0.1) is 0 Å². The van der Waals surface area contributed by atoms with Gasteiger partial charge in [0.25, 0.3) is 0 Å². The maximum Gasteiger partial charge on any atom is 0.246 e. The molecule has 1 spiro atoms. The monoisotopic (exact) mass is 381 g/mol. The average molecular weight is 381 g/mol. The lowest BCUT2D eigenvalue weighted by Gasteiger charge is -2.36. The van der Waals surface area contributed by atoms with Gasteiger partial charge in [-0.05, 0) is 40.0 Å². The minimum Gasteiger partial charge on any atom is -0.394 e. The van der Waals surface area contributed by atoms with E-state index < -0.39 is 35.1 Å². The number of ether oxygens (including phenoxy) is 1. The first kappa shape index (κ1) is 20.1. The molecule has 8 nitrogen and oxygen atoms in total. The zero-order valence-electron chi connectivity index (χ0n) is 16.9. The first-order valence-electron chi connectivity index (χ1n) is 9.70. The molecule has 0 aromatic rings. The molecule has 152 valence electrons. The van der Waals surface area contributed by atoms with Crippen LogP contribution in [0.25, 0.3) is 0 Å². The van der Waals surface area contributed by atoms with Crippen molar-refractivity contribution in [1.29, 1.82) is 0 Å². The minimum absolute atomic E-state index is 0.0163. The molecule has 3 saturated heterocycles. The Morgan fingerprint density at radius 3 is 2.48 bits per heavy atom. The zero-order chi connectivity index (χ0) is 20.3. The van der Waals surface area contributed by atoms with Gasteiger partial charge in [-0.3, -0.25) is 14.4 Å². The van der Waals surface area contributed by atoms with E-state index >= 15 is 0 Å². The number of carbonyl (C=O) groups is 3. The number of aliphatic hydroxyl groups excluding tert-OH is 1.